The van der Waals surface area contributed by atoms with Crippen molar-refractivity contribution in [2.75, 3.05) is 6.54 Å². The molecule has 5 heteroatoms. The number of aryl methyl sites for hydroxylation is 2. The average molecular weight is 327 g/mol. The van der Waals surface area contributed by atoms with Gasteiger partial charge in [-0.25, -0.2) is 0 Å². The summed E-state index contributed by atoms with van der Waals surface area (Å²) in [5, 5.41) is 6.72. The summed E-state index contributed by atoms with van der Waals surface area (Å²) in [6.45, 7) is 4.33. The van der Waals surface area contributed by atoms with Gasteiger partial charge < -0.3 is 15.6 Å². The molecule has 0 bridgehead atoms. The molecule has 1 aromatic heterocycles. The fourth-order valence-electron chi connectivity index (χ4n) is 3.29. The van der Waals surface area contributed by atoms with Gasteiger partial charge >= 0.3 is 0 Å². The molecule has 2 aromatic rings. The average Bonchev–Trinajstić information content (AvgIpc) is 2.97. The number of H-pyrrole nitrogens is 1. The fourth-order valence-corrected chi connectivity index (χ4v) is 3.29. The van der Waals surface area contributed by atoms with Gasteiger partial charge in [0, 0.05) is 28.7 Å². The van der Waals surface area contributed by atoms with Gasteiger partial charge in [-0.15, -0.1) is 0 Å². The first-order valence-electron chi connectivity index (χ1n) is 8.82. The molecule has 1 aliphatic carbocycles. The highest BCUT2D eigenvalue weighted by atomic mass is 16.2. The Kier molecular flexibility index (Phi) is 4.88. The first kappa shape index (κ1) is 16.6. The van der Waals surface area contributed by atoms with Crippen molar-refractivity contribution in [3.8, 4) is 0 Å². The van der Waals surface area contributed by atoms with E-state index in [1.807, 2.05) is 25.1 Å². The maximum absolute atomic E-state index is 12.5. The quantitative estimate of drug-likeness (QED) is 0.790. The third kappa shape index (κ3) is 3.30. The summed E-state index contributed by atoms with van der Waals surface area (Å²) in [4.78, 5) is 27.8. The SMILES string of the molecule is CCCNC(=O)[C@H](C)NC(=O)c1ccc2[nH]c3c(c2c1)CCCC3. The van der Waals surface area contributed by atoms with Crippen molar-refractivity contribution in [1.82, 2.24) is 15.6 Å². The molecule has 1 aliphatic rings. The molecule has 1 atom stereocenters. The van der Waals surface area contributed by atoms with Crippen molar-refractivity contribution in [2.24, 2.45) is 0 Å². The predicted octanol–water partition coefficient (Wildman–Crippen LogP) is 2.69. The minimum Gasteiger partial charge on any atom is -0.358 e. The zero-order valence-corrected chi connectivity index (χ0v) is 14.4. The van der Waals surface area contributed by atoms with Crippen molar-refractivity contribution in [1.29, 1.82) is 0 Å². The van der Waals surface area contributed by atoms with Crippen LogP contribution in [0.25, 0.3) is 10.9 Å². The van der Waals surface area contributed by atoms with Crippen LogP contribution in [-0.2, 0) is 17.6 Å². The standard InChI is InChI=1S/C19H25N3O2/c1-3-10-20-18(23)12(2)21-19(24)13-8-9-17-15(11-13)14-6-4-5-7-16(14)22-17/h8-9,11-12,22H,3-7,10H2,1-2H3,(H,20,23)(H,21,24)/t12-/m0/s1. The van der Waals surface area contributed by atoms with E-state index in [4.69, 9.17) is 0 Å². The van der Waals surface area contributed by atoms with Crippen molar-refractivity contribution in [3.05, 3.63) is 35.0 Å². The topological polar surface area (TPSA) is 74.0 Å². The molecule has 5 nitrogen and oxygen atoms in total. The largest absolute Gasteiger partial charge is 0.358 e. The first-order valence-corrected chi connectivity index (χ1v) is 8.82. The molecule has 0 radical (unpaired) electrons. The van der Waals surface area contributed by atoms with Gasteiger partial charge in [-0.05, 0) is 62.8 Å². The molecule has 128 valence electrons. The Balaban J connectivity index is 1.76. The number of hydrogen-bond acceptors (Lipinski definition) is 2. The van der Waals surface area contributed by atoms with E-state index >= 15 is 0 Å². The predicted molar refractivity (Wildman–Crippen MR) is 95.2 cm³/mol. The van der Waals surface area contributed by atoms with Crippen molar-refractivity contribution >= 4 is 22.7 Å². The molecule has 1 aromatic carbocycles. The monoisotopic (exact) mass is 327 g/mol. The van der Waals surface area contributed by atoms with Crippen LogP contribution in [0.2, 0.25) is 0 Å². The first-order chi connectivity index (χ1) is 11.6. The van der Waals surface area contributed by atoms with E-state index in [-0.39, 0.29) is 11.8 Å². The highest BCUT2D eigenvalue weighted by Gasteiger charge is 2.19. The number of nitrogens with one attached hydrogen (secondary N) is 3. The van der Waals surface area contributed by atoms with Gasteiger partial charge in [-0.3, -0.25) is 9.59 Å². The lowest BCUT2D eigenvalue weighted by atomic mass is 9.95. The van der Waals surface area contributed by atoms with Gasteiger partial charge in [-0.1, -0.05) is 6.92 Å². The molecule has 24 heavy (non-hydrogen) atoms. The molecule has 0 saturated heterocycles. The second-order valence-electron chi connectivity index (χ2n) is 6.54. The number of carbonyl (C=O) groups excluding carboxylic acids is 2. The van der Waals surface area contributed by atoms with Crippen LogP contribution in [0.5, 0.6) is 0 Å². The van der Waals surface area contributed by atoms with Crippen LogP contribution in [0.4, 0.5) is 0 Å². The molecular weight excluding hydrogens is 302 g/mol. The van der Waals surface area contributed by atoms with Gasteiger partial charge in [0.2, 0.25) is 5.91 Å². The van der Waals surface area contributed by atoms with E-state index < -0.39 is 6.04 Å². The highest BCUT2D eigenvalue weighted by molar-refractivity contribution is 6.01. The number of amides is 2. The molecule has 0 unspecified atom stereocenters. The smallest absolute Gasteiger partial charge is 0.251 e. The van der Waals surface area contributed by atoms with Crippen LogP contribution < -0.4 is 10.6 Å². The minimum atomic E-state index is -0.542. The summed E-state index contributed by atoms with van der Waals surface area (Å²) in [5.41, 5.74) is 4.35. The lowest BCUT2D eigenvalue weighted by Crippen LogP contribution is -2.45. The Hall–Kier alpha value is -2.30. The van der Waals surface area contributed by atoms with Crippen LogP contribution in [-0.4, -0.2) is 29.4 Å². The Bertz CT molecular complexity index is 763. The summed E-state index contributed by atoms with van der Waals surface area (Å²) in [6.07, 6.45) is 5.45. The summed E-state index contributed by atoms with van der Waals surface area (Å²) in [7, 11) is 0. The lowest BCUT2D eigenvalue weighted by Gasteiger charge is -2.14. The number of rotatable bonds is 5. The maximum atomic E-state index is 12.5. The maximum Gasteiger partial charge on any atom is 0.251 e. The summed E-state index contributed by atoms with van der Waals surface area (Å²) in [6, 6.07) is 5.18. The fraction of sp³-hybridized carbons (Fsp3) is 0.474. The van der Waals surface area contributed by atoms with Crippen LogP contribution in [0.3, 0.4) is 0 Å². The Morgan fingerprint density at radius 1 is 1.25 bits per heavy atom. The number of aromatic nitrogens is 1. The zero-order chi connectivity index (χ0) is 17.1. The minimum absolute atomic E-state index is 0.148. The van der Waals surface area contributed by atoms with Gasteiger partial charge in [0.1, 0.15) is 6.04 Å². The number of carbonyl (C=O) groups is 2. The van der Waals surface area contributed by atoms with Crippen LogP contribution >= 0.6 is 0 Å². The summed E-state index contributed by atoms with van der Waals surface area (Å²) >= 11 is 0. The van der Waals surface area contributed by atoms with Gasteiger partial charge in [0.25, 0.3) is 5.91 Å². The Morgan fingerprint density at radius 3 is 2.83 bits per heavy atom. The van der Waals surface area contributed by atoms with Crippen LogP contribution in [0.15, 0.2) is 18.2 Å². The number of fused-ring (bicyclic) bond motifs is 3. The molecular formula is C19H25N3O2. The number of aromatic amines is 1. The number of hydrogen-bond donors (Lipinski definition) is 3. The molecule has 2 amide bonds. The van der Waals surface area contributed by atoms with E-state index in [1.54, 1.807) is 6.92 Å². The van der Waals surface area contributed by atoms with E-state index in [2.05, 4.69) is 15.6 Å². The second kappa shape index (κ2) is 7.07. The molecule has 3 rings (SSSR count). The Morgan fingerprint density at radius 2 is 2.04 bits per heavy atom. The molecule has 1 heterocycles. The summed E-state index contributed by atoms with van der Waals surface area (Å²) < 4.78 is 0. The lowest BCUT2D eigenvalue weighted by molar-refractivity contribution is -0.122. The molecule has 0 aliphatic heterocycles. The van der Waals surface area contributed by atoms with Crippen molar-refractivity contribution in [2.45, 2.75) is 52.0 Å². The van der Waals surface area contributed by atoms with E-state index in [0.717, 1.165) is 30.2 Å². The third-order valence-electron chi connectivity index (χ3n) is 4.65. The van der Waals surface area contributed by atoms with E-state index in [1.165, 1.54) is 24.1 Å². The van der Waals surface area contributed by atoms with Gasteiger partial charge in [0.05, 0.1) is 0 Å². The van der Waals surface area contributed by atoms with E-state index in [0.29, 0.717) is 12.1 Å². The van der Waals surface area contributed by atoms with Gasteiger partial charge in [0.15, 0.2) is 0 Å². The number of benzene rings is 1. The van der Waals surface area contributed by atoms with Crippen LogP contribution in [0, 0.1) is 0 Å². The normalized spacial score (nSPS) is 14.9. The Labute approximate surface area is 142 Å². The third-order valence-corrected chi connectivity index (χ3v) is 4.65. The van der Waals surface area contributed by atoms with Crippen molar-refractivity contribution in [3.63, 3.8) is 0 Å². The van der Waals surface area contributed by atoms with Crippen molar-refractivity contribution < 1.29 is 9.59 Å². The highest BCUT2D eigenvalue weighted by Crippen LogP contribution is 2.29. The second-order valence-corrected chi connectivity index (χ2v) is 6.54. The molecule has 0 saturated carbocycles. The molecule has 0 fully saturated rings. The zero-order valence-electron chi connectivity index (χ0n) is 14.4. The van der Waals surface area contributed by atoms with Gasteiger partial charge in [-0.2, -0.15) is 0 Å². The molecule has 0 spiro atoms. The van der Waals surface area contributed by atoms with E-state index in [9.17, 15) is 9.59 Å². The van der Waals surface area contributed by atoms with Crippen LogP contribution in [0.1, 0.15) is 54.7 Å². The summed E-state index contributed by atoms with van der Waals surface area (Å²) in [5.74, 6) is -0.355. The molecule has 3 N–H and O–H groups in total.